The average molecular weight is 435 g/mol. The monoisotopic (exact) mass is 435 g/mol. The van der Waals surface area contributed by atoms with Gasteiger partial charge in [0, 0.05) is 32.7 Å². The molecular formula is C20H26FN5O5. The molecule has 0 fully saturated rings. The van der Waals surface area contributed by atoms with Crippen molar-refractivity contribution in [2.75, 3.05) is 32.2 Å². The molecule has 168 valence electrons. The first-order valence-electron chi connectivity index (χ1n) is 9.70. The van der Waals surface area contributed by atoms with Gasteiger partial charge in [-0.3, -0.25) is 4.90 Å². The second kappa shape index (κ2) is 8.90. The molecule has 1 aliphatic heterocycles. The lowest BCUT2D eigenvalue weighted by molar-refractivity contribution is -0.0940. The van der Waals surface area contributed by atoms with Crippen LogP contribution in [0.1, 0.15) is 29.8 Å². The zero-order valence-electron chi connectivity index (χ0n) is 17.8. The van der Waals surface area contributed by atoms with Crippen molar-refractivity contribution in [1.82, 2.24) is 14.7 Å². The number of aryl methyl sites for hydroxylation is 1. The number of rotatable bonds is 6. The van der Waals surface area contributed by atoms with Gasteiger partial charge in [-0.15, -0.1) is 0 Å². The highest BCUT2D eigenvalue weighted by atomic mass is 19.1. The summed E-state index contributed by atoms with van der Waals surface area (Å²) < 4.78 is 25.8. The summed E-state index contributed by atoms with van der Waals surface area (Å²) in [5, 5.41) is 14.2. The number of hydrogen-bond donors (Lipinski definition) is 2. The standard InChI is InChI=1S/C20H26FN5O5/c1-11-9-13(5-6-14(11)21)26-18(25(19(22)27)10-16(30-3)31-4)17-12(2)24(20(28)29)8-7-15(17)23-26/h5-6,9,12,16H,7-8,10H2,1-4H3,(H2,22,27)(H,28,29)/t12-/m0/s1. The molecule has 0 saturated carbocycles. The zero-order valence-corrected chi connectivity index (χ0v) is 17.8. The van der Waals surface area contributed by atoms with E-state index in [9.17, 15) is 19.1 Å². The summed E-state index contributed by atoms with van der Waals surface area (Å²) in [5.41, 5.74) is 7.81. The number of hydrogen-bond acceptors (Lipinski definition) is 5. The van der Waals surface area contributed by atoms with Crippen molar-refractivity contribution in [2.45, 2.75) is 32.6 Å². The van der Waals surface area contributed by atoms with Crippen molar-refractivity contribution in [3.8, 4) is 5.69 Å². The molecule has 3 N–H and O–H groups in total. The van der Waals surface area contributed by atoms with Gasteiger partial charge in [0.1, 0.15) is 11.6 Å². The predicted octanol–water partition coefficient (Wildman–Crippen LogP) is 2.42. The van der Waals surface area contributed by atoms with Gasteiger partial charge in [0.25, 0.3) is 0 Å². The quantitative estimate of drug-likeness (QED) is 0.672. The highest BCUT2D eigenvalue weighted by Gasteiger charge is 2.37. The molecule has 0 saturated heterocycles. The summed E-state index contributed by atoms with van der Waals surface area (Å²) in [4.78, 5) is 26.7. The molecule has 0 bridgehead atoms. The number of nitrogens with zero attached hydrogens (tertiary/aromatic N) is 4. The third-order valence-corrected chi connectivity index (χ3v) is 5.46. The summed E-state index contributed by atoms with van der Waals surface area (Å²) in [6.45, 7) is 3.55. The number of carbonyl (C=O) groups excluding carboxylic acids is 1. The number of carboxylic acid groups (broad SMARTS) is 1. The number of nitrogens with two attached hydrogens (primary N) is 1. The summed E-state index contributed by atoms with van der Waals surface area (Å²) in [7, 11) is 2.86. The number of methoxy groups -OCH3 is 2. The summed E-state index contributed by atoms with van der Waals surface area (Å²) in [6.07, 6.45) is -1.50. The van der Waals surface area contributed by atoms with Crippen LogP contribution in [0.4, 0.5) is 19.8 Å². The number of benzene rings is 1. The SMILES string of the molecule is COC(CN(C(N)=O)c1c2c(nn1-c1ccc(F)c(C)c1)CCN(C(=O)O)[C@H]2C)OC. The minimum Gasteiger partial charge on any atom is -0.465 e. The minimum atomic E-state index is -1.08. The summed E-state index contributed by atoms with van der Waals surface area (Å²) >= 11 is 0. The van der Waals surface area contributed by atoms with E-state index in [1.54, 1.807) is 19.9 Å². The van der Waals surface area contributed by atoms with Gasteiger partial charge in [0.05, 0.1) is 24.0 Å². The topological polar surface area (TPSA) is 123 Å². The number of amides is 3. The van der Waals surface area contributed by atoms with Gasteiger partial charge in [-0.05, 0) is 37.6 Å². The second-order valence-corrected chi connectivity index (χ2v) is 7.28. The van der Waals surface area contributed by atoms with E-state index in [1.165, 1.54) is 40.8 Å². The van der Waals surface area contributed by atoms with E-state index in [2.05, 4.69) is 5.10 Å². The van der Waals surface area contributed by atoms with Crippen molar-refractivity contribution in [1.29, 1.82) is 0 Å². The van der Waals surface area contributed by atoms with Crippen molar-refractivity contribution in [3.63, 3.8) is 0 Å². The fraction of sp³-hybridized carbons (Fsp3) is 0.450. The third-order valence-electron chi connectivity index (χ3n) is 5.46. The van der Waals surface area contributed by atoms with Crippen LogP contribution in [0.5, 0.6) is 0 Å². The van der Waals surface area contributed by atoms with E-state index < -0.39 is 24.5 Å². The van der Waals surface area contributed by atoms with E-state index in [1.807, 2.05) is 0 Å². The van der Waals surface area contributed by atoms with Gasteiger partial charge in [0.15, 0.2) is 6.29 Å². The van der Waals surface area contributed by atoms with Gasteiger partial charge in [0.2, 0.25) is 0 Å². The zero-order chi connectivity index (χ0) is 22.9. The molecule has 3 rings (SSSR count). The van der Waals surface area contributed by atoms with E-state index in [-0.39, 0.29) is 18.9 Å². The molecule has 2 aromatic rings. The van der Waals surface area contributed by atoms with E-state index in [4.69, 9.17) is 15.2 Å². The maximum Gasteiger partial charge on any atom is 0.407 e. The van der Waals surface area contributed by atoms with Crippen LogP contribution in [-0.2, 0) is 15.9 Å². The van der Waals surface area contributed by atoms with Crippen LogP contribution in [0.3, 0.4) is 0 Å². The summed E-state index contributed by atoms with van der Waals surface area (Å²) in [5.74, 6) is -0.0794. The van der Waals surface area contributed by atoms with Crippen LogP contribution in [0.2, 0.25) is 0 Å². The Balaban J connectivity index is 2.24. The molecule has 2 heterocycles. The molecule has 31 heavy (non-hydrogen) atoms. The number of urea groups is 1. The lowest BCUT2D eigenvalue weighted by Crippen LogP contribution is -2.45. The van der Waals surface area contributed by atoms with Crippen molar-refractivity contribution < 1.29 is 28.6 Å². The Morgan fingerprint density at radius 1 is 1.39 bits per heavy atom. The van der Waals surface area contributed by atoms with Crippen LogP contribution >= 0.6 is 0 Å². The molecule has 0 radical (unpaired) electrons. The molecular weight excluding hydrogens is 409 g/mol. The highest BCUT2D eigenvalue weighted by Crippen LogP contribution is 2.38. The number of primary amides is 1. The summed E-state index contributed by atoms with van der Waals surface area (Å²) in [6, 6.07) is 3.07. The van der Waals surface area contributed by atoms with Crippen molar-refractivity contribution in [3.05, 3.63) is 40.8 Å². The maximum absolute atomic E-state index is 13.9. The van der Waals surface area contributed by atoms with Crippen LogP contribution in [-0.4, -0.2) is 65.5 Å². The normalized spacial score (nSPS) is 15.8. The smallest absolute Gasteiger partial charge is 0.407 e. The predicted molar refractivity (Wildman–Crippen MR) is 110 cm³/mol. The third kappa shape index (κ3) is 4.19. The van der Waals surface area contributed by atoms with Crippen molar-refractivity contribution in [2.24, 2.45) is 5.73 Å². The van der Waals surface area contributed by atoms with E-state index in [0.29, 0.717) is 34.7 Å². The number of carbonyl (C=O) groups is 2. The van der Waals surface area contributed by atoms with Crippen LogP contribution in [0.15, 0.2) is 18.2 Å². The number of ether oxygens (including phenoxy) is 2. The van der Waals surface area contributed by atoms with Gasteiger partial charge in [-0.2, -0.15) is 5.10 Å². The highest BCUT2D eigenvalue weighted by molar-refractivity contribution is 5.91. The Labute approximate surface area is 178 Å². The number of fused-ring (bicyclic) bond motifs is 1. The largest absolute Gasteiger partial charge is 0.465 e. The Morgan fingerprint density at radius 3 is 2.61 bits per heavy atom. The molecule has 10 nitrogen and oxygen atoms in total. The first-order valence-corrected chi connectivity index (χ1v) is 9.70. The molecule has 1 aromatic carbocycles. The lowest BCUT2D eigenvalue weighted by Gasteiger charge is -2.33. The lowest BCUT2D eigenvalue weighted by atomic mass is 9.99. The van der Waals surface area contributed by atoms with Crippen LogP contribution in [0, 0.1) is 12.7 Å². The van der Waals surface area contributed by atoms with E-state index in [0.717, 1.165) is 0 Å². The van der Waals surface area contributed by atoms with Crippen LogP contribution < -0.4 is 10.6 Å². The molecule has 11 heteroatoms. The van der Waals surface area contributed by atoms with Gasteiger partial charge >= 0.3 is 12.1 Å². The second-order valence-electron chi connectivity index (χ2n) is 7.28. The maximum atomic E-state index is 13.9. The van der Waals surface area contributed by atoms with Gasteiger partial charge in [-0.25, -0.2) is 18.7 Å². The Morgan fingerprint density at radius 2 is 2.06 bits per heavy atom. The molecule has 1 aliphatic rings. The molecule has 0 unspecified atom stereocenters. The Bertz CT molecular complexity index is 991. The minimum absolute atomic E-state index is 0.0551. The van der Waals surface area contributed by atoms with Crippen LogP contribution in [0.25, 0.3) is 5.69 Å². The number of anilines is 1. The average Bonchev–Trinajstić information content (AvgIpc) is 3.11. The molecule has 3 amide bonds. The van der Waals surface area contributed by atoms with E-state index >= 15 is 0 Å². The molecule has 0 spiro atoms. The Hall–Kier alpha value is -3.18. The van der Waals surface area contributed by atoms with Gasteiger partial charge < -0.3 is 25.2 Å². The molecule has 1 atom stereocenters. The number of aromatic nitrogens is 2. The molecule has 1 aromatic heterocycles. The van der Waals surface area contributed by atoms with Crippen molar-refractivity contribution >= 4 is 17.9 Å². The fourth-order valence-corrected chi connectivity index (χ4v) is 3.79. The van der Waals surface area contributed by atoms with Gasteiger partial charge in [-0.1, -0.05) is 0 Å². The first kappa shape index (κ1) is 22.5. The molecule has 0 aliphatic carbocycles. The fourth-order valence-electron chi connectivity index (χ4n) is 3.79. The first-order chi connectivity index (χ1) is 14.7. The number of halogens is 1. The Kier molecular flexibility index (Phi) is 6.46.